The minimum atomic E-state index is 0.292. The van der Waals surface area contributed by atoms with Crippen LogP contribution in [0.25, 0.3) is 0 Å². The summed E-state index contributed by atoms with van der Waals surface area (Å²) in [6.45, 7) is 2.33. The number of aliphatic hydroxyl groups is 1. The molecule has 0 radical (unpaired) electrons. The average molecular weight is 255 g/mol. The Bertz CT molecular complexity index is 359. The summed E-state index contributed by atoms with van der Waals surface area (Å²) in [6.07, 6.45) is 7.96. The highest BCUT2D eigenvalue weighted by Gasteiger charge is 2.24. The van der Waals surface area contributed by atoms with Gasteiger partial charge in [0.2, 0.25) is 0 Å². The maximum Gasteiger partial charge on any atom is 0.0634 e. The van der Waals surface area contributed by atoms with Crippen molar-refractivity contribution in [3.8, 4) is 0 Å². The van der Waals surface area contributed by atoms with Crippen molar-refractivity contribution < 1.29 is 5.11 Å². The Morgan fingerprint density at radius 1 is 1.53 bits per heavy atom. The molecule has 0 spiro atoms. The van der Waals surface area contributed by atoms with E-state index in [1.54, 1.807) is 12.4 Å². The molecule has 1 aromatic heterocycles. The van der Waals surface area contributed by atoms with Crippen molar-refractivity contribution in [2.45, 2.75) is 38.3 Å². The molecule has 1 aliphatic heterocycles. The minimum Gasteiger partial charge on any atom is -0.396 e. The van der Waals surface area contributed by atoms with Crippen LogP contribution in [0.1, 0.15) is 31.2 Å². The Morgan fingerprint density at radius 2 is 2.41 bits per heavy atom. The lowest BCUT2D eigenvalue weighted by Crippen LogP contribution is -2.29. The molecule has 1 saturated heterocycles. The van der Waals surface area contributed by atoms with Gasteiger partial charge >= 0.3 is 0 Å². The Labute approximate surface area is 107 Å². The van der Waals surface area contributed by atoms with Crippen LogP contribution in [0.4, 0.5) is 0 Å². The molecule has 0 aliphatic carbocycles. The van der Waals surface area contributed by atoms with Crippen molar-refractivity contribution >= 4 is 11.6 Å². The van der Waals surface area contributed by atoms with Gasteiger partial charge < -0.3 is 5.11 Å². The van der Waals surface area contributed by atoms with Gasteiger partial charge in [0.05, 0.1) is 5.02 Å². The van der Waals surface area contributed by atoms with E-state index in [1.165, 1.54) is 12.8 Å². The number of likely N-dealkylation sites (tertiary alicyclic amines) is 1. The molecule has 1 aromatic rings. The van der Waals surface area contributed by atoms with Crippen LogP contribution in [0, 0.1) is 0 Å². The summed E-state index contributed by atoms with van der Waals surface area (Å²) >= 11 is 6.13. The van der Waals surface area contributed by atoms with E-state index >= 15 is 0 Å². The number of aliphatic hydroxyl groups excluding tert-OH is 1. The van der Waals surface area contributed by atoms with Crippen molar-refractivity contribution in [2.24, 2.45) is 0 Å². The predicted octanol–water partition coefficient (Wildman–Crippen LogP) is 2.47. The van der Waals surface area contributed by atoms with Crippen LogP contribution >= 0.6 is 11.6 Å². The Hall–Kier alpha value is -0.640. The fourth-order valence-electron chi connectivity index (χ4n) is 2.51. The maximum atomic E-state index is 8.90. The third-order valence-corrected chi connectivity index (χ3v) is 3.76. The third kappa shape index (κ3) is 3.41. The van der Waals surface area contributed by atoms with Crippen molar-refractivity contribution in [1.82, 2.24) is 9.88 Å². The second-order valence-corrected chi connectivity index (χ2v) is 5.01. The Balaban J connectivity index is 1.95. The van der Waals surface area contributed by atoms with Crippen LogP contribution in [0.15, 0.2) is 18.5 Å². The summed E-state index contributed by atoms with van der Waals surface area (Å²) in [7, 11) is 0. The van der Waals surface area contributed by atoms with Crippen LogP contribution in [0.5, 0.6) is 0 Å². The van der Waals surface area contributed by atoms with Crippen LogP contribution in [-0.2, 0) is 6.54 Å². The van der Waals surface area contributed by atoms with Crippen LogP contribution in [-0.4, -0.2) is 34.2 Å². The molecule has 1 unspecified atom stereocenters. The number of hydrogen-bond donors (Lipinski definition) is 1. The van der Waals surface area contributed by atoms with Crippen molar-refractivity contribution in [1.29, 1.82) is 0 Å². The second-order valence-electron chi connectivity index (χ2n) is 4.60. The van der Waals surface area contributed by atoms with E-state index in [0.717, 1.165) is 36.5 Å². The lowest BCUT2D eigenvalue weighted by atomic mass is 10.1. The third-order valence-electron chi connectivity index (χ3n) is 3.42. The fraction of sp³-hybridized carbons (Fsp3) is 0.615. The van der Waals surface area contributed by atoms with Gasteiger partial charge in [0, 0.05) is 31.6 Å². The molecule has 0 bridgehead atoms. The van der Waals surface area contributed by atoms with Gasteiger partial charge in [-0.25, -0.2) is 0 Å². The maximum absolute atomic E-state index is 8.90. The SMILES string of the molecule is OCCCC1CCCN1Cc1ccncc1Cl. The van der Waals surface area contributed by atoms with E-state index in [1.807, 2.05) is 6.07 Å². The van der Waals surface area contributed by atoms with E-state index in [-0.39, 0.29) is 0 Å². The molecule has 94 valence electrons. The molecule has 0 amide bonds. The first-order valence-corrected chi connectivity index (χ1v) is 6.62. The lowest BCUT2D eigenvalue weighted by Gasteiger charge is -2.24. The highest BCUT2D eigenvalue weighted by atomic mass is 35.5. The molecule has 17 heavy (non-hydrogen) atoms. The van der Waals surface area contributed by atoms with E-state index in [2.05, 4.69) is 9.88 Å². The molecular weight excluding hydrogens is 236 g/mol. The normalized spacial score (nSPS) is 20.9. The van der Waals surface area contributed by atoms with E-state index in [0.29, 0.717) is 12.6 Å². The quantitative estimate of drug-likeness (QED) is 0.877. The Morgan fingerprint density at radius 3 is 3.18 bits per heavy atom. The highest BCUT2D eigenvalue weighted by molar-refractivity contribution is 6.31. The molecule has 3 nitrogen and oxygen atoms in total. The van der Waals surface area contributed by atoms with Gasteiger partial charge in [-0.3, -0.25) is 9.88 Å². The van der Waals surface area contributed by atoms with Crippen LogP contribution < -0.4 is 0 Å². The first-order chi connectivity index (χ1) is 8.31. The van der Waals surface area contributed by atoms with Crippen molar-refractivity contribution in [2.75, 3.05) is 13.2 Å². The van der Waals surface area contributed by atoms with Crippen molar-refractivity contribution in [3.63, 3.8) is 0 Å². The summed E-state index contributed by atoms with van der Waals surface area (Å²) in [4.78, 5) is 6.47. The monoisotopic (exact) mass is 254 g/mol. The van der Waals surface area contributed by atoms with E-state index < -0.39 is 0 Å². The molecule has 2 rings (SSSR count). The molecule has 1 aliphatic rings. The molecule has 1 N–H and O–H groups in total. The Kier molecular flexibility index (Phi) is 4.77. The van der Waals surface area contributed by atoms with Gasteiger partial charge in [0.15, 0.2) is 0 Å². The number of rotatable bonds is 5. The number of aromatic nitrogens is 1. The summed E-state index contributed by atoms with van der Waals surface area (Å²) in [5.41, 5.74) is 1.15. The summed E-state index contributed by atoms with van der Waals surface area (Å²) in [6, 6.07) is 2.59. The van der Waals surface area contributed by atoms with Gasteiger partial charge in [-0.05, 0) is 43.9 Å². The summed E-state index contributed by atoms with van der Waals surface area (Å²) < 4.78 is 0. The number of nitrogens with zero attached hydrogens (tertiary/aromatic N) is 2. The average Bonchev–Trinajstić information content (AvgIpc) is 2.77. The summed E-state index contributed by atoms with van der Waals surface area (Å²) in [5, 5.41) is 9.65. The lowest BCUT2D eigenvalue weighted by molar-refractivity contribution is 0.210. The van der Waals surface area contributed by atoms with Gasteiger partial charge in [-0.2, -0.15) is 0 Å². The molecular formula is C13H19ClN2O. The molecule has 4 heteroatoms. The molecule has 0 saturated carbocycles. The van der Waals surface area contributed by atoms with Gasteiger partial charge in [-0.1, -0.05) is 11.6 Å². The zero-order valence-corrected chi connectivity index (χ0v) is 10.7. The van der Waals surface area contributed by atoms with Crippen LogP contribution in [0.2, 0.25) is 5.02 Å². The van der Waals surface area contributed by atoms with Gasteiger partial charge in [0.25, 0.3) is 0 Å². The molecule has 2 heterocycles. The first-order valence-electron chi connectivity index (χ1n) is 6.24. The number of pyridine rings is 1. The van der Waals surface area contributed by atoms with Gasteiger partial charge in [0.1, 0.15) is 0 Å². The van der Waals surface area contributed by atoms with E-state index in [4.69, 9.17) is 16.7 Å². The largest absolute Gasteiger partial charge is 0.396 e. The zero-order chi connectivity index (χ0) is 12.1. The number of hydrogen-bond acceptors (Lipinski definition) is 3. The molecule has 1 atom stereocenters. The zero-order valence-electron chi connectivity index (χ0n) is 9.98. The molecule has 1 fully saturated rings. The van der Waals surface area contributed by atoms with Crippen LogP contribution in [0.3, 0.4) is 0 Å². The topological polar surface area (TPSA) is 36.4 Å². The standard InChI is InChI=1S/C13H19ClN2O/c14-13-9-15-6-5-11(13)10-16-7-1-3-12(16)4-2-8-17/h5-6,9,12,17H,1-4,7-8,10H2. The first kappa shape index (κ1) is 12.8. The summed E-state index contributed by atoms with van der Waals surface area (Å²) in [5.74, 6) is 0. The van der Waals surface area contributed by atoms with Crippen molar-refractivity contribution in [3.05, 3.63) is 29.0 Å². The fourth-order valence-corrected chi connectivity index (χ4v) is 2.69. The molecule has 0 aromatic carbocycles. The minimum absolute atomic E-state index is 0.292. The second kappa shape index (κ2) is 6.34. The van der Waals surface area contributed by atoms with Gasteiger partial charge in [-0.15, -0.1) is 0 Å². The predicted molar refractivity (Wildman–Crippen MR) is 69.0 cm³/mol. The smallest absolute Gasteiger partial charge is 0.0634 e. The number of halogens is 1. The van der Waals surface area contributed by atoms with E-state index in [9.17, 15) is 0 Å². The highest BCUT2D eigenvalue weighted by Crippen LogP contribution is 2.25.